The van der Waals surface area contributed by atoms with Crippen LogP contribution in [0.25, 0.3) is 6.08 Å². The van der Waals surface area contributed by atoms with Crippen LogP contribution in [0.1, 0.15) is 15.9 Å². The molecular weight excluding hydrogens is 184 g/mol. The second-order valence-corrected chi connectivity index (χ2v) is 2.55. The highest BCUT2D eigenvalue weighted by Gasteiger charge is 2.02. The highest BCUT2D eigenvalue weighted by molar-refractivity contribution is 5.91. The lowest BCUT2D eigenvalue weighted by atomic mass is 10.2. The lowest BCUT2D eigenvalue weighted by Gasteiger charge is -1.94. The van der Waals surface area contributed by atoms with Crippen LogP contribution in [-0.4, -0.2) is 22.0 Å². The first-order valence-corrected chi connectivity index (χ1v) is 3.75. The van der Waals surface area contributed by atoms with Crippen molar-refractivity contribution in [3.05, 3.63) is 35.7 Å². The van der Waals surface area contributed by atoms with E-state index in [1.165, 1.54) is 24.5 Å². The van der Waals surface area contributed by atoms with Gasteiger partial charge >= 0.3 is 5.97 Å². The number of aromatic carboxylic acids is 1. The zero-order valence-electron chi connectivity index (χ0n) is 7.18. The largest absolute Gasteiger partial charge is 0.478 e. The quantitative estimate of drug-likeness (QED) is 0.672. The number of hydrogen-bond donors (Lipinski definition) is 2. The normalized spacial score (nSPS) is 10.3. The zero-order valence-corrected chi connectivity index (χ0v) is 7.18. The summed E-state index contributed by atoms with van der Waals surface area (Å²) in [6.07, 6.45) is 5.21. The molecule has 1 amide bonds. The fourth-order valence-electron chi connectivity index (χ4n) is 0.844. The van der Waals surface area contributed by atoms with Crippen molar-refractivity contribution in [3.8, 4) is 0 Å². The number of aromatic nitrogens is 1. The van der Waals surface area contributed by atoms with Crippen LogP contribution in [0.2, 0.25) is 0 Å². The number of nitrogens with zero attached hydrogens (tertiary/aromatic N) is 1. The van der Waals surface area contributed by atoms with Crippen LogP contribution < -0.4 is 5.73 Å². The zero-order chi connectivity index (χ0) is 10.6. The average molecular weight is 192 g/mol. The van der Waals surface area contributed by atoms with Crippen LogP contribution in [0.5, 0.6) is 0 Å². The van der Waals surface area contributed by atoms with Gasteiger partial charge in [-0.3, -0.25) is 9.78 Å². The van der Waals surface area contributed by atoms with Crippen molar-refractivity contribution in [1.29, 1.82) is 0 Å². The number of carbonyl (C=O) groups excluding carboxylic acids is 1. The van der Waals surface area contributed by atoms with Gasteiger partial charge in [-0.15, -0.1) is 0 Å². The number of pyridine rings is 1. The molecule has 1 aromatic heterocycles. The SMILES string of the molecule is NC(=O)C=Cc1cncc(C(=O)O)c1. The molecule has 0 aliphatic rings. The Balaban J connectivity index is 2.94. The van der Waals surface area contributed by atoms with Crippen molar-refractivity contribution in [2.24, 2.45) is 5.73 Å². The van der Waals surface area contributed by atoms with E-state index < -0.39 is 11.9 Å². The molecule has 0 spiro atoms. The van der Waals surface area contributed by atoms with Crippen LogP contribution >= 0.6 is 0 Å². The Bertz CT molecular complexity index is 399. The highest BCUT2D eigenvalue weighted by atomic mass is 16.4. The Labute approximate surface area is 79.9 Å². The fraction of sp³-hybridized carbons (Fsp3) is 0. The van der Waals surface area contributed by atoms with Gasteiger partial charge in [-0.25, -0.2) is 4.79 Å². The minimum Gasteiger partial charge on any atom is -0.478 e. The summed E-state index contributed by atoms with van der Waals surface area (Å²) in [5.74, 6) is -1.66. The van der Waals surface area contributed by atoms with E-state index in [1.807, 2.05) is 0 Å². The van der Waals surface area contributed by atoms with E-state index >= 15 is 0 Å². The Hall–Kier alpha value is -2.17. The molecule has 0 fully saturated rings. The van der Waals surface area contributed by atoms with E-state index in [0.29, 0.717) is 5.56 Å². The van der Waals surface area contributed by atoms with Crippen LogP contribution in [-0.2, 0) is 4.79 Å². The molecule has 0 radical (unpaired) electrons. The van der Waals surface area contributed by atoms with Crippen LogP contribution in [0.4, 0.5) is 0 Å². The first-order chi connectivity index (χ1) is 6.59. The minimum atomic E-state index is -1.06. The summed E-state index contributed by atoms with van der Waals surface area (Å²) < 4.78 is 0. The minimum absolute atomic E-state index is 0.0663. The second-order valence-electron chi connectivity index (χ2n) is 2.55. The summed E-state index contributed by atoms with van der Waals surface area (Å²) in [6.45, 7) is 0. The molecule has 0 aliphatic carbocycles. The second kappa shape index (κ2) is 4.18. The molecule has 72 valence electrons. The van der Waals surface area contributed by atoms with Gasteiger partial charge < -0.3 is 10.8 Å². The fourth-order valence-corrected chi connectivity index (χ4v) is 0.844. The van der Waals surface area contributed by atoms with Gasteiger partial charge in [-0.05, 0) is 17.7 Å². The Morgan fingerprint density at radius 3 is 2.71 bits per heavy atom. The van der Waals surface area contributed by atoms with Gasteiger partial charge in [0.2, 0.25) is 5.91 Å². The molecule has 5 nitrogen and oxygen atoms in total. The van der Waals surface area contributed by atoms with Crippen molar-refractivity contribution < 1.29 is 14.7 Å². The maximum absolute atomic E-state index is 10.5. The van der Waals surface area contributed by atoms with Crippen molar-refractivity contribution in [2.45, 2.75) is 0 Å². The topological polar surface area (TPSA) is 93.3 Å². The van der Waals surface area contributed by atoms with Gasteiger partial charge in [0, 0.05) is 18.5 Å². The van der Waals surface area contributed by atoms with E-state index in [4.69, 9.17) is 10.8 Å². The van der Waals surface area contributed by atoms with E-state index in [9.17, 15) is 9.59 Å². The molecule has 0 saturated carbocycles. The van der Waals surface area contributed by atoms with E-state index in [1.54, 1.807) is 0 Å². The Kier molecular flexibility index (Phi) is 2.96. The van der Waals surface area contributed by atoms with Crippen LogP contribution in [0.3, 0.4) is 0 Å². The van der Waals surface area contributed by atoms with E-state index in [-0.39, 0.29) is 5.56 Å². The molecule has 5 heteroatoms. The molecular formula is C9H8N2O3. The number of carboxylic acids is 1. The maximum atomic E-state index is 10.5. The summed E-state index contributed by atoms with van der Waals surface area (Å²) in [5, 5.41) is 8.63. The van der Waals surface area contributed by atoms with Gasteiger partial charge in [-0.2, -0.15) is 0 Å². The van der Waals surface area contributed by atoms with Gasteiger partial charge in [0.15, 0.2) is 0 Å². The van der Waals surface area contributed by atoms with Gasteiger partial charge in [0.05, 0.1) is 5.56 Å². The lowest BCUT2D eigenvalue weighted by molar-refractivity contribution is -0.113. The highest BCUT2D eigenvalue weighted by Crippen LogP contribution is 2.04. The van der Waals surface area contributed by atoms with Crippen LogP contribution in [0, 0.1) is 0 Å². The number of rotatable bonds is 3. The number of amides is 1. The van der Waals surface area contributed by atoms with Gasteiger partial charge in [0.25, 0.3) is 0 Å². The molecule has 0 aromatic carbocycles. The average Bonchev–Trinajstić information content (AvgIpc) is 2.15. The van der Waals surface area contributed by atoms with Crippen molar-refractivity contribution in [3.63, 3.8) is 0 Å². The third-order valence-corrected chi connectivity index (χ3v) is 1.45. The summed E-state index contributed by atoms with van der Waals surface area (Å²) in [6, 6.07) is 1.40. The molecule has 0 saturated heterocycles. The number of nitrogens with two attached hydrogens (primary N) is 1. The molecule has 14 heavy (non-hydrogen) atoms. The molecule has 0 unspecified atom stereocenters. The number of hydrogen-bond acceptors (Lipinski definition) is 3. The summed E-state index contributed by atoms with van der Waals surface area (Å²) in [5.41, 5.74) is 5.46. The maximum Gasteiger partial charge on any atom is 0.337 e. The lowest BCUT2D eigenvalue weighted by Crippen LogP contribution is -2.05. The molecule has 1 aromatic rings. The molecule has 0 atom stereocenters. The van der Waals surface area contributed by atoms with E-state index in [2.05, 4.69) is 4.98 Å². The van der Waals surface area contributed by atoms with Crippen LogP contribution in [0.15, 0.2) is 24.5 Å². The third-order valence-electron chi connectivity index (χ3n) is 1.45. The summed E-state index contributed by atoms with van der Waals surface area (Å²) >= 11 is 0. The first-order valence-electron chi connectivity index (χ1n) is 3.75. The Morgan fingerprint density at radius 1 is 1.43 bits per heavy atom. The van der Waals surface area contributed by atoms with Crippen molar-refractivity contribution in [2.75, 3.05) is 0 Å². The van der Waals surface area contributed by atoms with Gasteiger partial charge in [-0.1, -0.05) is 0 Å². The van der Waals surface area contributed by atoms with Crippen molar-refractivity contribution in [1.82, 2.24) is 4.98 Å². The van der Waals surface area contributed by atoms with Crippen molar-refractivity contribution >= 4 is 18.0 Å². The number of carboxylic acid groups (broad SMARTS) is 1. The van der Waals surface area contributed by atoms with E-state index in [0.717, 1.165) is 6.08 Å². The smallest absolute Gasteiger partial charge is 0.337 e. The predicted molar refractivity (Wildman–Crippen MR) is 49.4 cm³/mol. The third kappa shape index (κ3) is 2.71. The number of primary amides is 1. The molecule has 0 aliphatic heterocycles. The standard InChI is InChI=1S/C9H8N2O3/c10-8(12)2-1-6-3-7(9(13)14)5-11-4-6/h1-5H,(H2,10,12)(H,13,14). The number of carbonyl (C=O) groups is 2. The summed E-state index contributed by atoms with van der Waals surface area (Å²) in [4.78, 5) is 24.6. The molecule has 0 bridgehead atoms. The monoisotopic (exact) mass is 192 g/mol. The molecule has 1 heterocycles. The molecule has 3 N–H and O–H groups in total. The molecule has 1 rings (SSSR count). The van der Waals surface area contributed by atoms with Gasteiger partial charge in [0.1, 0.15) is 0 Å². The Morgan fingerprint density at radius 2 is 2.14 bits per heavy atom. The predicted octanol–water partition coefficient (Wildman–Crippen LogP) is 0.278. The first kappa shape index (κ1) is 9.91. The summed E-state index contributed by atoms with van der Waals surface area (Å²) in [7, 11) is 0.